The Morgan fingerprint density at radius 2 is 2.29 bits per heavy atom. The van der Waals surface area contributed by atoms with Crippen molar-refractivity contribution >= 4 is 5.97 Å². The third kappa shape index (κ3) is 5.93. The maximum atomic E-state index is 11.2. The topological polar surface area (TPSA) is 50.8 Å². The molecule has 2 aliphatic heterocycles. The van der Waals surface area contributed by atoms with E-state index in [9.17, 15) is 4.79 Å². The van der Waals surface area contributed by atoms with E-state index >= 15 is 0 Å². The molecule has 2 fully saturated rings. The van der Waals surface area contributed by atoms with E-state index in [2.05, 4.69) is 10.2 Å². The fourth-order valence-electron chi connectivity index (χ4n) is 3.20. The molecule has 2 aliphatic rings. The molecule has 5 heteroatoms. The first-order valence-corrected chi connectivity index (χ1v) is 8.51. The van der Waals surface area contributed by atoms with Gasteiger partial charge in [0.1, 0.15) is 0 Å². The Morgan fingerprint density at radius 1 is 1.38 bits per heavy atom. The summed E-state index contributed by atoms with van der Waals surface area (Å²) in [5.41, 5.74) is 0. The zero-order chi connectivity index (χ0) is 14.9. The van der Waals surface area contributed by atoms with E-state index in [0.29, 0.717) is 25.2 Å². The maximum absolute atomic E-state index is 11.2. The Hall–Kier alpha value is -0.650. The van der Waals surface area contributed by atoms with Crippen LogP contribution in [0.5, 0.6) is 0 Å². The summed E-state index contributed by atoms with van der Waals surface area (Å²) in [7, 11) is 0. The van der Waals surface area contributed by atoms with Gasteiger partial charge in [0.05, 0.1) is 19.3 Å². The number of carbonyl (C=O) groups excluding carboxylic acids is 1. The van der Waals surface area contributed by atoms with Gasteiger partial charge in [-0.25, -0.2) is 0 Å². The van der Waals surface area contributed by atoms with Crippen LogP contribution in [0.1, 0.15) is 45.4 Å². The van der Waals surface area contributed by atoms with Crippen LogP contribution in [0.4, 0.5) is 0 Å². The predicted octanol–water partition coefficient (Wildman–Crippen LogP) is 1.56. The molecular weight excluding hydrogens is 268 g/mol. The van der Waals surface area contributed by atoms with Gasteiger partial charge in [0.2, 0.25) is 0 Å². The summed E-state index contributed by atoms with van der Waals surface area (Å²) >= 11 is 0. The lowest BCUT2D eigenvalue weighted by molar-refractivity contribution is -0.143. The van der Waals surface area contributed by atoms with Crippen molar-refractivity contribution < 1.29 is 14.3 Å². The minimum Gasteiger partial charge on any atom is -0.466 e. The molecule has 0 bridgehead atoms. The smallest absolute Gasteiger partial charge is 0.305 e. The number of unbranched alkanes of at least 4 members (excludes halogenated alkanes) is 2. The lowest BCUT2D eigenvalue weighted by atomic mass is 10.1. The maximum Gasteiger partial charge on any atom is 0.305 e. The SMILES string of the molecule is CCOC(=O)CCCCCNCC1CN2CCCC2CO1. The van der Waals surface area contributed by atoms with Crippen LogP contribution in [-0.4, -0.2) is 62.4 Å². The fourth-order valence-corrected chi connectivity index (χ4v) is 3.20. The minimum absolute atomic E-state index is 0.0683. The zero-order valence-electron chi connectivity index (χ0n) is 13.3. The molecule has 122 valence electrons. The number of fused-ring (bicyclic) bond motifs is 1. The molecule has 0 saturated carbocycles. The molecule has 21 heavy (non-hydrogen) atoms. The molecule has 2 atom stereocenters. The van der Waals surface area contributed by atoms with Gasteiger partial charge in [-0.05, 0) is 45.7 Å². The molecule has 2 unspecified atom stereocenters. The standard InChI is InChI=1S/C16H30N2O3/c1-2-20-16(19)8-4-3-5-9-17-11-15-12-18-10-6-7-14(18)13-21-15/h14-15,17H,2-13H2,1H3. The van der Waals surface area contributed by atoms with E-state index in [1.807, 2.05) is 6.92 Å². The highest BCUT2D eigenvalue weighted by molar-refractivity contribution is 5.69. The van der Waals surface area contributed by atoms with Crippen molar-refractivity contribution in [2.24, 2.45) is 0 Å². The number of hydrogen-bond donors (Lipinski definition) is 1. The van der Waals surface area contributed by atoms with Crippen LogP contribution >= 0.6 is 0 Å². The van der Waals surface area contributed by atoms with Gasteiger partial charge in [-0.15, -0.1) is 0 Å². The van der Waals surface area contributed by atoms with E-state index in [0.717, 1.165) is 45.5 Å². The molecule has 0 radical (unpaired) electrons. The number of nitrogens with one attached hydrogen (secondary N) is 1. The number of morpholine rings is 1. The van der Waals surface area contributed by atoms with Crippen LogP contribution < -0.4 is 5.32 Å². The van der Waals surface area contributed by atoms with Gasteiger partial charge < -0.3 is 14.8 Å². The minimum atomic E-state index is -0.0683. The van der Waals surface area contributed by atoms with E-state index < -0.39 is 0 Å². The Labute approximate surface area is 128 Å². The van der Waals surface area contributed by atoms with Gasteiger partial charge in [-0.1, -0.05) is 6.42 Å². The van der Waals surface area contributed by atoms with Gasteiger partial charge in [0.15, 0.2) is 0 Å². The molecule has 0 amide bonds. The van der Waals surface area contributed by atoms with Crippen LogP contribution in [0.3, 0.4) is 0 Å². The quantitative estimate of drug-likeness (QED) is 0.517. The van der Waals surface area contributed by atoms with Gasteiger partial charge >= 0.3 is 5.97 Å². The molecular formula is C16H30N2O3. The third-order valence-corrected chi connectivity index (χ3v) is 4.37. The molecule has 0 aliphatic carbocycles. The summed E-state index contributed by atoms with van der Waals surface area (Å²) in [4.78, 5) is 13.7. The number of hydrogen-bond acceptors (Lipinski definition) is 5. The number of nitrogens with zero attached hydrogens (tertiary/aromatic N) is 1. The van der Waals surface area contributed by atoms with Gasteiger partial charge in [-0.3, -0.25) is 9.69 Å². The Bertz CT molecular complexity index is 312. The zero-order valence-corrected chi connectivity index (χ0v) is 13.3. The highest BCUT2D eigenvalue weighted by Crippen LogP contribution is 2.22. The summed E-state index contributed by atoms with van der Waals surface area (Å²) in [6, 6.07) is 0.684. The first kappa shape index (κ1) is 16.7. The van der Waals surface area contributed by atoms with E-state index in [1.165, 1.54) is 19.4 Å². The second kappa shape index (κ2) is 9.38. The average Bonchev–Trinajstić information content (AvgIpc) is 2.94. The Balaban J connectivity index is 1.42. The van der Waals surface area contributed by atoms with Crippen LogP contribution in [0.25, 0.3) is 0 Å². The first-order chi connectivity index (χ1) is 10.3. The monoisotopic (exact) mass is 298 g/mol. The van der Waals surface area contributed by atoms with Crippen molar-refractivity contribution in [1.82, 2.24) is 10.2 Å². The van der Waals surface area contributed by atoms with Crippen LogP contribution in [0, 0.1) is 0 Å². The van der Waals surface area contributed by atoms with E-state index in [1.54, 1.807) is 0 Å². The fraction of sp³-hybridized carbons (Fsp3) is 0.938. The van der Waals surface area contributed by atoms with Crippen LogP contribution in [0.2, 0.25) is 0 Å². The van der Waals surface area contributed by atoms with Gasteiger partial charge in [0, 0.05) is 25.6 Å². The van der Waals surface area contributed by atoms with Crippen molar-refractivity contribution in [2.75, 3.05) is 39.4 Å². The van der Waals surface area contributed by atoms with E-state index in [-0.39, 0.29) is 5.97 Å². The molecule has 0 spiro atoms. The second-order valence-electron chi connectivity index (χ2n) is 6.07. The number of esters is 1. The van der Waals surface area contributed by atoms with Crippen molar-refractivity contribution in [3.8, 4) is 0 Å². The number of carbonyl (C=O) groups is 1. The van der Waals surface area contributed by atoms with Crippen molar-refractivity contribution in [1.29, 1.82) is 0 Å². The second-order valence-corrected chi connectivity index (χ2v) is 6.07. The molecule has 2 heterocycles. The summed E-state index contributed by atoms with van der Waals surface area (Å²) in [6.07, 6.45) is 6.64. The molecule has 0 aromatic rings. The molecule has 5 nitrogen and oxygen atoms in total. The van der Waals surface area contributed by atoms with Crippen LogP contribution in [-0.2, 0) is 14.3 Å². The largest absolute Gasteiger partial charge is 0.466 e. The highest BCUT2D eigenvalue weighted by atomic mass is 16.5. The highest BCUT2D eigenvalue weighted by Gasteiger charge is 2.31. The molecule has 0 aromatic heterocycles. The molecule has 1 N–H and O–H groups in total. The normalized spacial score (nSPS) is 25.8. The van der Waals surface area contributed by atoms with Gasteiger partial charge in [-0.2, -0.15) is 0 Å². The lowest BCUT2D eigenvalue weighted by Crippen LogP contribution is -2.49. The first-order valence-electron chi connectivity index (χ1n) is 8.51. The lowest BCUT2D eigenvalue weighted by Gasteiger charge is -2.35. The molecule has 2 saturated heterocycles. The van der Waals surface area contributed by atoms with E-state index in [4.69, 9.17) is 9.47 Å². The summed E-state index contributed by atoms with van der Waals surface area (Å²) < 4.78 is 10.8. The van der Waals surface area contributed by atoms with Gasteiger partial charge in [0.25, 0.3) is 0 Å². The molecule has 2 rings (SSSR count). The summed E-state index contributed by atoms with van der Waals surface area (Å²) in [5.74, 6) is -0.0683. The van der Waals surface area contributed by atoms with Crippen molar-refractivity contribution in [3.63, 3.8) is 0 Å². The Morgan fingerprint density at radius 3 is 3.14 bits per heavy atom. The third-order valence-electron chi connectivity index (χ3n) is 4.37. The van der Waals surface area contributed by atoms with Crippen molar-refractivity contribution in [3.05, 3.63) is 0 Å². The predicted molar refractivity (Wildman–Crippen MR) is 82.3 cm³/mol. The van der Waals surface area contributed by atoms with Crippen molar-refractivity contribution in [2.45, 2.75) is 57.6 Å². The summed E-state index contributed by atoms with van der Waals surface area (Å²) in [5, 5.41) is 3.48. The average molecular weight is 298 g/mol. The number of ether oxygens (including phenoxy) is 2. The Kier molecular flexibility index (Phi) is 7.47. The summed E-state index contributed by atoms with van der Waals surface area (Å²) in [6.45, 7) is 7.52. The molecule has 0 aromatic carbocycles. The van der Waals surface area contributed by atoms with Crippen LogP contribution in [0.15, 0.2) is 0 Å². The number of rotatable bonds is 9.